The Hall–Kier alpha value is -1.71. The second-order valence-corrected chi connectivity index (χ2v) is 3.40. The zero-order valence-corrected chi connectivity index (χ0v) is 8.52. The van der Waals surface area contributed by atoms with Gasteiger partial charge in [0.15, 0.2) is 0 Å². The fraction of sp³-hybridized carbons (Fsp3) is 0.300. The fourth-order valence-electron chi connectivity index (χ4n) is 1.33. The van der Waals surface area contributed by atoms with Gasteiger partial charge in [0.2, 0.25) is 0 Å². The van der Waals surface area contributed by atoms with Crippen LogP contribution in [0.3, 0.4) is 0 Å². The van der Waals surface area contributed by atoms with Crippen molar-refractivity contribution in [1.29, 1.82) is 0 Å². The van der Waals surface area contributed by atoms with Crippen LogP contribution in [0, 0.1) is 20.8 Å². The maximum absolute atomic E-state index is 4.30. The van der Waals surface area contributed by atoms with Crippen LogP contribution >= 0.6 is 0 Å². The van der Waals surface area contributed by atoms with Gasteiger partial charge >= 0.3 is 0 Å². The Morgan fingerprint density at radius 2 is 1.71 bits per heavy atom. The normalized spacial score (nSPS) is 10.5. The minimum absolute atomic E-state index is 0.626. The van der Waals surface area contributed by atoms with Crippen LogP contribution < -0.4 is 0 Å². The Balaban J connectivity index is 2.49. The summed E-state index contributed by atoms with van der Waals surface area (Å²) >= 11 is 0. The quantitative estimate of drug-likeness (QED) is 0.682. The molecule has 14 heavy (non-hydrogen) atoms. The summed E-state index contributed by atoms with van der Waals surface area (Å²) in [5, 5.41) is 4.30. The molecule has 2 aromatic heterocycles. The molecule has 0 atom stereocenters. The molecule has 0 aromatic carbocycles. The van der Waals surface area contributed by atoms with E-state index in [1.807, 2.05) is 26.8 Å². The van der Waals surface area contributed by atoms with Crippen molar-refractivity contribution in [3.63, 3.8) is 0 Å². The first-order valence-electron chi connectivity index (χ1n) is 4.49. The van der Waals surface area contributed by atoms with Gasteiger partial charge in [-0.15, -0.1) is 0 Å². The molecule has 0 unspecified atom stereocenters. The summed E-state index contributed by atoms with van der Waals surface area (Å²) in [6.07, 6.45) is 3.58. The second kappa shape index (κ2) is 3.21. The Labute approximate surface area is 82.6 Å². The van der Waals surface area contributed by atoms with E-state index in [0.717, 1.165) is 17.0 Å². The van der Waals surface area contributed by atoms with E-state index < -0.39 is 0 Å². The molecule has 0 saturated carbocycles. The van der Waals surface area contributed by atoms with Gasteiger partial charge in [0.1, 0.15) is 0 Å². The zero-order chi connectivity index (χ0) is 10.1. The number of aryl methyl sites for hydroxylation is 3. The molecule has 0 fully saturated rings. The highest BCUT2D eigenvalue weighted by Gasteiger charge is 2.04. The van der Waals surface area contributed by atoms with Gasteiger partial charge in [-0.3, -0.25) is 0 Å². The first-order chi connectivity index (χ1) is 6.66. The molecule has 2 heterocycles. The molecule has 0 amide bonds. The van der Waals surface area contributed by atoms with Gasteiger partial charge in [-0.05, 0) is 32.4 Å². The summed E-state index contributed by atoms with van der Waals surface area (Å²) in [7, 11) is 0. The highest BCUT2D eigenvalue weighted by Crippen LogP contribution is 2.06. The molecule has 0 saturated heterocycles. The zero-order valence-electron chi connectivity index (χ0n) is 8.52. The predicted molar refractivity (Wildman–Crippen MR) is 53.4 cm³/mol. The van der Waals surface area contributed by atoms with E-state index in [1.54, 1.807) is 17.1 Å². The first kappa shape index (κ1) is 8.87. The molecule has 72 valence electrons. The van der Waals surface area contributed by atoms with E-state index in [0.29, 0.717) is 5.95 Å². The van der Waals surface area contributed by atoms with Crippen molar-refractivity contribution < 1.29 is 0 Å². The van der Waals surface area contributed by atoms with E-state index in [-0.39, 0.29) is 0 Å². The smallest absolute Gasteiger partial charge is 0.219 e. The van der Waals surface area contributed by atoms with Crippen LogP contribution in [-0.4, -0.2) is 19.7 Å². The number of hydrogen-bond donors (Lipinski definition) is 0. The summed E-state index contributed by atoms with van der Waals surface area (Å²) in [6.45, 7) is 5.91. The van der Waals surface area contributed by atoms with Crippen LogP contribution in [0.25, 0.3) is 5.95 Å². The Morgan fingerprint density at radius 1 is 1.07 bits per heavy atom. The lowest BCUT2D eigenvalue weighted by Gasteiger charge is -2.01. The number of aromatic nitrogens is 4. The fourth-order valence-corrected chi connectivity index (χ4v) is 1.33. The van der Waals surface area contributed by atoms with Crippen molar-refractivity contribution >= 4 is 0 Å². The van der Waals surface area contributed by atoms with Gasteiger partial charge in [0, 0.05) is 18.1 Å². The minimum atomic E-state index is 0.626. The third-order valence-electron chi connectivity index (χ3n) is 1.97. The molecule has 0 spiro atoms. The average molecular weight is 188 g/mol. The summed E-state index contributed by atoms with van der Waals surface area (Å²) in [5.41, 5.74) is 3.08. The average Bonchev–Trinajstić information content (AvgIpc) is 2.47. The van der Waals surface area contributed by atoms with Gasteiger partial charge < -0.3 is 0 Å². The van der Waals surface area contributed by atoms with Crippen molar-refractivity contribution in [2.24, 2.45) is 0 Å². The van der Waals surface area contributed by atoms with Crippen molar-refractivity contribution in [3.8, 4) is 5.95 Å². The molecule has 2 rings (SSSR count). The minimum Gasteiger partial charge on any atom is -0.219 e. The Bertz CT molecular complexity index is 442. The van der Waals surface area contributed by atoms with Crippen LogP contribution in [0.2, 0.25) is 0 Å². The molecule has 4 nitrogen and oxygen atoms in total. The van der Waals surface area contributed by atoms with Crippen LogP contribution in [0.5, 0.6) is 0 Å². The lowest BCUT2D eigenvalue weighted by Crippen LogP contribution is -2.04. The van der Waals surface area contributed by atoms with E-state index in [9.17, 15) is 0 Å². The standard InChI is InChI=1S/C10H12N4/c1-7-5-11-10(12-6-7)14-9(3)4-8(2)13-14/h4-6H,1-3H3. The number of hydrogen-bond acceptors (Lipinski definition) is 3. The van der Waals surface area contributed by atoms with Gasteiger partial charge in [0.05, 0.1) is 5.69 Å². The Morgan fingerprint density at radius 3 is 2.21 bits per heavy atom. The monoisotopic (exact) mass is 188 g/mol. The lowest BCUT2D eigenvalue weighted by atomic mass is 10.4. The molecule has 0 aliphatic carbocycles. The molecular formula is C10H12N4. The topological polar surface area (TPSA) is 43.6 Å². The summed E-state index contributed by atoms with van der Waals surface area (Å²) in [6, 6.07) is 2.00. The van der Waals surface area contributed by atoms with Crippen molar-refractivity contribution in [2.45, 2.75) is 20.8 Å². The van der Waals surface area contributed by atoms with Crippen LogP contribution in [0.4, 0.5) is 0 Å². The number of rotatable bonds is 1. The molecule has 0 N–H and O–H groups in total. The number of nitrogens with zero attached hydrogens (tertiary/aromatic N) is 4. The van der Waals surface area contributed by atoms with Crippen molar-refractivity contribution in [2.75, 3.05) is 0 Å². The maximum atomic E-state index is 4.30. The molecule has 4 heteroatoms. The molecule has 2 aromatic rings. The van der Waals surface area contributed by atoms with Gasteiger partial charge in [0.25, 0.3) is 5.95 Å². The third kappa shape index (κ3) is 1.51. The van der Waals surface area contributed by atoms with Gasteiger partial charge in [-0.1, -0.05) is 0 Å². The molecule has 0 aliphatic heterocycles. The molecular weight excluding hydrogens is 176 g/mol. The van der Waals surface area contributed by atoms with E-state index >= 15 is 0 Å². The highest BCUT2D eigenvalue weighted by molar-refractivity contribution is 5.19. The van der Waals surface area contributed by atoms with Crippen molar-refractivity contribution in [1.82, 2.24) is 19.7 Å². The largest absolute Gasteiger partial charge is 0.250 e. The molecule has 0 bridgehead atoms. The Kier molecular flexibility index (Phi) is 2.04. The molecule has 0 radical (unpaired) electrons. The third-order valence-corrected chi connectivity index (χ3v) is 1.97. The van der Waals surface area contributed by atoms with Crippen LogP contribution in [-0.2, 0) is 0 Å². The maximum Gasteiger partial charge on any atom is 0.250 e. The summed E-state index contributed by atoms with van der Waals surface area (Å²) in [5.74, 6) is 0.626. The second-order valence-electron chi connectivity index (χ2n) is 3.40. The summed E-state index contributed by atoms with van der Waals surface area (Å²) in [4.78, 5) is 8.42. The summed E-state index contributed by atoms with van der Waals surface area (Å²) < 4.78 is 1.74. The predicted octanol–water partition coefficient (Wildman–Crippen LogP) is 1.59. The van der Waals surface area contributed by atoms with Gasteiger partial charge in [-0.25, -0.2) is 14.6 Å². The van der Waals surface area contributed by atoms with Gasteiger partial charge in [-0.2, -0.15) is 5.10 Å². The molecule has 0 aliphatic rings. The SMILES string of the molecule is Cc1cnc(-n2nc(C)cc2C)nc1. The lowest BCUT2D eigenvalue weighted by molar-refractivity contribution is 0.771. The van der Waals surface area contributed by atoms with E-state index in [2.05, 4.69) is 15.1 Å². The first-order valence-corrected chi connectivity index (χ1v) is 4.49. The highest BCUT2D eigenvalue weighted by atomic mass is 15.3. The van der Waals surface area contributed by atoms with Crippen LogP contribution in [0.1, 0.15) is 17.0 Å². The van der Waals surface area contributed by atoms with E-state index in [1.165, 1.54) is 0 Å². The van der Waals surface area contributed by atoms with E-state index in [4.69, 9.17) is 0 Å². The van der Waals surface area contributed by atoms with Crippen LogP contribution in [0.15, 0.2) is 18.5 Å². The van der Waals surface area contributed by atoms with Crippen molar-refractivity contribution in [3.05, 3.63) is 35.4 Å².